The number of nitrogens with two attached hydrogens (primary N) is 1. The van der Waals surface area contributed by atoms with Crippen molar-refractivity contribution in [2.24, 2.45) is 5.73 Å². The fourth-order valence-corrected chi connectivity index (χ4v) is 3.91. The first-order valence-corrected chi connectivity index (χ1v) is 9.11. The van der Waals surface area contributed by atoms with E-state index in [-0.39, 0.29) is 24.4 Å². The van der Waals surface area contributed by atoms with E-state index in [1.165, 1.54) is 11.3 Å². The van der Waals surface area contributed by atoms with Crippen LogP contribution in [0, 0.1) is 11.3 Å². The molecule has 27 heavy (non-hydrogen) atoms. The van der Waals surface area contributed by atoms with Crippen molar-refractivity contribution < 1.29 is 9.59 Å². The van der Waals surface area contributed by atoms with Crippen LogP contribution >= 0.6 is 23.7 Å². The van der Waals surface area contributed by atoms with Crippen LogP contribution in [0.5, 0.6) is 0 Å². The van der Waals surface area contributed by atoms with E-state index in [1.807, 2.05) is 6.07 Å². The molecule has 2 heterocycles. The number of nitrogens with one attached hydrogen (secondary N) is 3. The quantitative estimate of drug-likeness (QED) is 0.624. The second-order valence-corrected chi connectivity index (χ2v) is 7.10. The molecule has 7 nitrogen and oxygen atoms in total. The Morgan fingerprint density at radius 2 is 2.15 bits per heavy atom. The van der Waals surface area contributed by atoms with E-state index >= 15 is 0 Å². The van der Waals surface area contributed by atoms with Gasteiger partial charge >= 0.3 is 6.03 Å². The Morgan fingerprint density at radius 1 is 1.33 bits per heavy atom. The number of rotatable bonds is 4. The maximum atomic E-state index is 12.7. The standard InChI is InChI=1S/C18H19N5O2S.ClH/c19-9-11-3-1-4-12(7-11)15-8-14(23-18(20)25)16(26-15)17(24)22-13-5-2-6-21-10-13;/h1,3-4,7-8,13,21H,2,5-6,10H2,(H,22,24)(H3,20,23,25);1H/t13-;/m0./s1. The van der Waals surface area contributed by atoms with E-state index in [9.17, 15) is 9.59 Å². The Kier molecular flexibility index (Phi) is 7.19. The van der Waals surface area contributed by atoms with Crippen LogP contribution in [0.25, 0.3) is 10.4 Å². The average Bonchev–Trinajstić information content (AvgIpc) is 3.06. The monoisotopic (exact) mass is 405 g/mol. The van der Waals surface area contributed by atoms with Crippen LogP contribution in [-0.4, -0.2) is 31.1 Å². The van der Waals surface area contributed by atoms with Crippen LogP contribution < -0.4 is 21.7 Å². The van der Waals surface area contributed by atoms with Crippen LogP contribution in [-0.2, 0) is 0 Å². The van der Waals surface area contributed by atoms with Crippen LogP contribution in [0.1, 0.15) is 28.1 Å². The van der Waals surface area contributed by atoms with Crippen molar-refractivity contribution in [3.63, 3.8) is 0 Å². The van der Waals surface area contributed by atoms with Crippen molar-refractivity contribution in [1.82, 2.24) is 10.6 Å². The number of carbonyl (C=O) groups is 2. The molecule has 5 N–H and O–H groups in total. The van der Waals surface area contributed by atoms with Crippen molar-refractivity contribution >= 4 is 41.4 Å². The lowest BCUT2D eigenvalue weighted by atomic mass is 10.1. The number of nitriles is 1. The number of hydrogen-bond acceptors (Lipinski definition) is 5. The topological polar surface area (TPSA) is 120 Å². The Labute approximate surface area is 167 Å². The van der Waals surface area contributed by atoms with Gasteiger partial charge in [0.15, 0.2) is 0 Å². The van der Waals surface area contributed by atoms with Crippen LogP contribution in [0.4, 0.5) is 10.5 Å². The molecule has 0 unspecified atom stereocenters. The van der Waals surface area contributed by atoms with Gasteiger partial charge in [-0.3, -0.25) is 4.79 Å². The van der Waals surface area contributed by atoms with Crippen molar-refractivity contribution in [3.05, 3.63) is 40.8 Å². The number of carbonyl (C=O) groups excluding carboxylic acids is 2. The molecule has 3 amide bonds. The highest BCUT2D eigenvalue weighted by atomic mass is 35.5. The molecule has 0 aliphatic carbocycles. The Balaban J connectivity index is 0.00000261. The molecule has 0 saturated carbocycles. The fraction of sp³-hybridized carbons (Fsp3) is 0.278. The van der Waals surface area contributed by atoms with E-state index in [0.29, 0.717) is 16.1 Å². The van der Waals surface area contributed by atoms with Gasteiger partial charge in [-0.15, -0.1) is 23.7 Å². The van der Waals surface area contributed by atoms with E-state index in [0.717, 1.165) is 36.4 Å². The van der Waals surface area contributed by atoms with Crippen LogP contribution in [0.2, 0.25) is 0 Å². The summed E-state index contributed by atoms with van der Waals surface area (Å²) in [5, 5.41) is 17.8. The SMILES string of the molecule is Cl.N#Cc1cccc(-c2cc(NC(N)=O)c(C(=O)N[C@H]3CCCNC3)s2)c1. The summed E-state index contributed by atoms with van der Waals surface area (Å²) in [7, 11) is 0. The predicted molar refractivity (Wildman–Crippen MR) is 108 cm³/mol. The largest absolute Gasteiger partial charge is 0.351 e. The number of urea groups is 1. The van der Waals surface area contributed by atoms with Gasteiger partial charge in [-0.1, -0.05) is 12.1 Å². The maximum Gasteiger partial charge on any atom is 0.316 e. The maximum absolute atomic E-state index is 12.7. The molecule has 0 bridgehead atoms. The van der Waals surface area contributed by atoms with Crippen LogP contribution in [0.3, 0.4) is 0 Å². The number of benzene rings is 1. The molecule has 1 fully saturated rings. The number of thiophene rings is 1. The third kappa shape index (κ3) is 5.20. The molecule has 9 heteroatoms. The lowest BCUT2D eigenvalue weighted by molar-refractivity contribution is 0.0935. The number of amides is 3. The summed E-state index contributed by atoms with van der Waals surface area (Å²) in [6.07, 6.45) is 1.92. The minimum absolute atomic E-state index is 0. The third-order valence-corrected chi connectivity index (χ3v) is 5.29. The lowest BCUT2D eigenvalue weighted by Gasteiger charge is -2.23. The van der Waals surface area contributed by atoms with Gasteiger partial charge in [0, 0.05) is 17.5 Å². The molecule has 1 aliphatic heterocycles. The Hall–Kier alpha value is -2.60. The lowest BCUT2D eigenvalue weighted by Crippen LogP contribution is -2.45. The summed E-state index contributed by atoms with van der Waals surface area (Å²) in [5.74, 6) is -0.241. The summed E-state index contributed by atoms with van der Waals surface area (Å²) < 4.78 is 0. The summed E-state index contributed by atoms with van der Waals surface area (Å²) in [6, 6.07) is 10.2. The molecule has 1 atom stereocenters. The van der Waals surface area contributed by atoms with Gasteiger partial charge < -0.3 is 21.7 Å². The first-order valence-electron chi connectivity index (χ1n) is 8.29. The highest BCUT2D eigenvalue weighted by Gasteiger charge is 2.22. The first-order chi connectivity index (χ1) is 12.6. The molecular formula is C18H20ClN5O2S. The molecule has 0 spiro atoms. The number of hydrogen-bond donors (Lipinski definition) is 4. The van der Waals surface area contributed by atoms with Gasteiger partial charge in [-0.2, -0.15) is 5.26 Å². The van der Waals surface area contributed by atoms with Gasteiger partial charge in [0.25, 0.3) is 5.91 Å². The number of halogens is 1. The molecule has 1 saturated heterocycles. The van der Waals surface area contributed by atoms with Gasteiger partial charge in [0.1, 0.15) is 4.88 Å². The zero-order valence-corrected chi connectivity index (χ0v) is 16.1. The molecule has 142 valence electrons. The number of primary amides is 1. The van der Waals surface area contributed by atoms with Gasteiger partial charge in [0.2, 0.25) is 0 Å². The number of piperidine rings is 1. The molecule has 0 radical (unpaired) electrons. The Morgan fingerprint density at radius 3 is 2.81 bits per heavy atom. The number of anilines is 1. The highest BCUT2D eigenvalue weighted by Crippen LogP contribution is 2.35. The minimum Gasteiger partial charge on any atom is -0.351 e. The summed E-state index contributed by atoms with van der Waals surface area (Å²) in [5.41, 5.74) is 6.95. The number of nitrogens with zero attached hydrogens (tertiary/aromatic N) is 1. The summed E-state index contributed by atoms with van der Waals surface area (Å²) in [4.78, 5) is 25.2. The molecular weight excluding hydrogens is 386 g/mol. The van der Waals surface area contributed by atoms with E-state index < -0.39 is 6.03 Å². The van der Waals surface area contributed by atoms with Crippen LogP contribution in [0.15, 0.2) is 30.3 Å². The predicted octanol–water partition coefficient (Wildman–Crippen LogP) is 2.68. The summed E-state index contributed by atoms with van der Waals surface area (Å²) >= 11 is 1.26. The molecule has 1 aliphatic rings. The van der Waals surface area contributed by atoms with Crippen molar-refractivity contribution in [2.75, 3.05) is 18.4 Å². The van der Waals surface area contributed by atoms with E-state index in [4.69, 9.17) is 11.0 Å². The minimum atomic E-state index is -0.728. The zero-order valence-electron chi connectivity index (χ0n) is 14.5. The molecule has 2 aromatic rings. The first kappa shape index (κ1) is 20.7. The second kappa shape index (κ2) is 9.37. The normalized spacial score (nSPS) is 15.9. The second-order valence-electron chi connectivity index (χ2n) is 6.05. The van der Waals surface area contributed by atoms with Gasteiger partial charge in [-0.05, 0) is 43.1 Å². The zero-order chi connectivity index (χ0) is 18.5. The molecule has 1 aromatic heterocycles. The van der Waals surface area contributed by atoms with Gasteiger partial charge in [0.05, 0.1) is 17.3 Å². The average molecular weight is 406 g/mol. The van der Waals surface area contributed by atoms with Crippen molar-refractivity contribution in [2.45, 2.75) is 18.9 Å². The van der Waals surface area contributed by atoms with Gasteiger partial charge in [-0.25, -0.2) is 4.79 Å². The highest BCUT2D eigenvalue weighted by molar-refractivity contribution is 7.18. The van der Waals surface area contributed by atoms with Crippen molar-refractivity contribution in [1.29, 1.82) is 5.26 Å². The molecule has 3 rings (SSSR count). The van der Waals surface area contributed by atoms with E-state index in [1.54, 1.807) is 24.3 Å². The van der Waals surface area contributed by atoms with E-state index in [2.05, 4.69) is 22.0 Å². The summed E-state index contributed by atoms with van der Waals surface area (Å²) in [6.45, 7) is 1.69. The Bertz CT molecular complexity index is 871. The third-order valence-electron chi connectivity index (χ3n) is 4.10. The van der Waals surface area contributed by atoms with Crippen molar-refractivity contribution in [3.8, 4) is 16.5 Å². The smallest absolute Gasteiger partial charge is 0.316 e. The molecule has 1 aromatic carbocycles. The fourth-order valence-electron chi connectivity index (χ4n) is 2.90.